The highest BCUT2D eigenvalue weighted by Crippen LogP contribution is 2.37. The fourth-order valence-corrected chi connectivity index (χ4v) is 4.82. The molecule has 0 aliphatic heterocycles. The fraction of sp³-hybridized carbons (Fsp3) is 0.409. The third-order valence-corrected chi connectivity index (χ3v) is 6.45. The van der Waals surface area contributed by atoms with Crippen LogP contribution in [0.5, 0.6) is 0 Å². The summed E-state index contributed by atoms with van der Waals surface area (Å²) in [4.78, 5) is 27.7. The van der Waals surface area contributed by atoms with E-state index in [0.29, 0.717) is 10.6 Å². The number of carbonyl (C=O) groups excluding carboxylic acids is 2. The number of aryl methyl sites for hydroxylation is 2. The number of anilines is 2. The van der Waals surface area contributed by atoms with Crippen LogP contribution in [0, 0.1) is 25.2 Å². The summed E-state index contributed by atoms with van der Waals surface area (Å²) in [6, 6.07) is 8.02. The largest absolute Gasteiger partial charge is 0.325 e. The van der Waals surface area contributed by atoms with Gasteiger partial charge in [0.2, 0.25) is 11.8 Å². The quantitative estimate of drug-likeness (QED) is 0.762. The normalized spacial score (nSPS) is 12.9. The van der Waals surface area contributed by atoms with Gasteiger partial charge in [0.15, 0.2) is 0 Å². The van der Waals surface area contributed by atoms with Crippen LogP contribution < -0.4 is 10.6 Å². The van der Waals surface area contributed by atoms with Crippen molar-refractivity contribution in [2.75, 3.05) is 30.8 Å². The SMILES string of the molecule is Cc1cccc(NC(=O)CN(C)CC(=O)Nc2sc3c(c2C#N)CCCC3)c1C. The minimum absolute atomic E-state index is 0.0770. The molecule has 0 saturated heterocycles. The Kier molecular flexibility index (Phi) is 6.68. The van der Waals surface area contributed by atoms with Gasteiger partial charge in [0, 0.05) is 10.6 Å². The van der Waals surface area contributed by atoms with Crippen molar-refractivity contribution in [3.8, 4) is 6.07 Å². The maximum atomic E-state index is 12.5. The number of hydrogen-bond donors (Lipinski definition) is 2. The minimum Gasteiger partial charge on any atom is -0.325 e. The van der Waals surface area contributed by atoms with Gasteiger partial charge in [-0.2, -0.15) is 5.26 Å². The lowest BCUT2D eigenvalue weighted by Gasteiger charge is -2.17. The Hall–Kier alpha value is -2.69. The predicted octanol–water partition coefficient (Wildman–Crippen LogP) is 3.62. The number of nitriles is 1. The third-order valence-electron chi connectivity index (χ3n) is 5.24. The van der Waals surface area contributed by atoms with Crippen molar-refractivity contribution >= 4 is 33.8 Å². The summed E-state index contributed by atoms with van der Waals surface area (Å²) < 4.78 is 0. The first-order valence-corrected chi connectivity index (χ1v) is 10.6. The zero-order chi connectivity index (χ0) is 21.0. The molecule has 2 amide bonds. The summed E-state index contributed by atoms with van der Waals surface area (Å²) >= 11 is 1.51. The van der Waals surface area contributed by atoms with E-state index in [2.05, 4.69) is 16.7 Å². The summed E-state index contributed by atoms with van der Waals surface area (Å²) in [6.07, 6.45) is 4.10. The van der Waals surface area contributed by atoms with E-state index in [4.69, 9.17) is 0 Å². The lowest BCUT2D eigenvalue weighted by atomic mass is 9.96. The first-order valence-electron chi connectivity index (χ1n) is 9.78. The van der Waals surface area contributed by atoms with Crippen molar-refractivity contribution in [3.63, 3.8) is 0 Å². The lowest BCUT2D eigenvalue weighted by molar-refractivity contribution is -0.119. The van der Waals surface area contributed by atoms with E-state index in [-0.39, 0.29) is 24.9 Å². The van der Waals surface area contributed by atoms with Crippen LogP contribution in [0.3, 0.4) is 0 Å². The van der Waals surface area contributed by atoms with Gasteiger partial charge in [-0.3, -0.25) is 14.5 Å². The molecule has 0 spiro atoms. The highest BCUT2D eigenvalue weighted by molar-refractivity contribution is 7.16. The Bertz CT molecular complexity index is 974. The molecule has 0 atom stereocenters. The van der Waals surface area contributed by atoms with Gasteiger partial charge in [-0.05, 0) is 69.3 Å². The number of hydrogen-bond acceptors (Lipinski definition) is 5. The van der Waals surface area contributed by atoms with E-state index in [1.54, 1.807) is 11.9 Å². The zero-order valence-electron chi connectivity index (χ0n) is 17.1. The van der Waals surface area contributed by atoms with Crippen LogP contribution in [0.2, 0.25) is 0 Å². The zero-order valence-corrected chi connectivity index (χ0v) is 17.9. The number of nitrogens with one attached hydrogen (secondary N) is 2. The molecular formula is C22H26N4O2S. The predicted molar refractivity (Wildman–Crippen MR) is 116 cm³/mol. The summed E-state index contributed by atoms with van der Waals surface area (Å²) in [5.41, 5.74) is 4.64. The van der Waals surface area contributed by atoms with Crippen molar-refractivity contribution in [1.29, 1.82) is 5.26 Å². The van der Waals surface area contributed by atoms with E-state index in [1.807, 2.05) is 32.0 Å². The molecule has 2 aromatic rings. The van der Waals surface area contributed by atoms with E-state index in [1.165, 1.54) is 16.2 Å². The Morgan fingerprint density at radius 3 is 2.55 bits per heavy atom. The molecule has 152 valence electrons. The fourth-order valence-electron chi connectivity index (χ4n) is 3.56. The van der Waals surface area contributed by atoms with Crippen molar-refractivity contribution in [2.45, 2.75) is 39.5 Å². The number of rotatable bonds is 6. The molecule has 1 aliphatic rings. The Morgan fingerprint density at radius 2 is 1.83 bits per heavy atom. The van der Waals surface area contributed by atoms with E-state index >= 15 is 0 Å². The highest BCUT2D eigenvalue weighted by atomic mass is 32.1. The molecule has 29 heavy (non-hydrogen) atoms. The Labute approximate surface area is 175 Å². The van der Waals surface area contributed by atoms with Gasteiger partial charge >= 0.3 is 0 Å². The summed E-state index contributed by atoms with van der Waals surface area (Å²) in [7, 11) is 1.73. The molecule has 1 heterocycles. The van der Waals surface area contributed by atoms with Crippen LogP contribution in [-0.2, 0) is 22.4 Å². The van der Waals surface area contributed by atoms with Gasteiger partial charge in [0.25, 0.3) is 0 Å². The smallest absolute Gasteiger partial charge is 0.239 e. The second kappa shape index (κ2) is 9.21. The summed E-state index contributed by atoms with van der Waals surface area (Å²) in [6.45, 7) is 4.15. The maximum absolute atomic E-state index is 12.5. The molecule has 0 bridgehead atoms. The average molecular weight is 411 g/mol. The van der Waals surface area contributed by atoms with E-state index in [9.17, 15) is 14.9 Å². The summed E-state index contributed by atoms with van der Waals surface area (Å²) in [5, 5.41) is 15.9. The Morgan fingerprint density at radius 1 is 1.14 bits per heavy atom. The van der Waals surface area contributed by atoms with Gasteiger partial charge in [0.05, 0.1) is 18.7 Å². The van der Waals surface area contributed by atoms with E-state index in [0.717, 1.165) is 48.1 Å². The van der Waals surface area contributed by atoms with Crippen LogP contribution in [0.25, 0.3) is 0 Å². The van der Waals surface area contributed by atoms with Crippen molar-refractivity contribution in [3.05, 3.63) is 45.3 Å². The van der Waals surface area contributed by atoms with Crippen molar-refractivity contribution < 1.29 is 9.59 Å². The molecule has 0 radical (unpaired) electrons. The number of benzene rings is 1. The number of amides is 2. The van der Waals surface area contributed by atoms with Gasteiger partial charge < -0.3 is 10.6 Å². The standard InChI is InChI=1S/C22H26N4O2S/c1-14-7-6-9-18(15(14)2)24-20(27)12-26(3)13-21(28)25-22-17(11-23)16-8-4-5-10-19(16)29-22/h6-7,9H,4-5,8,10,12-13H2,1-3H3,(H,24,27)(H,25,28). The molecule has 1 aliphatic carbocycles. The second-order valence-corrected chi connectivity index (χ2v) is 8.65. The monoisotopic (exact) mass is 410 g/mol. The van der Waals surface area contributed by atoms with Gasteiger partial charge in [-0.15, -0.1) is 11.3 Å². The Balaban J connectivity index is 1.56. The molecule has 6 nitrogen and oxygen atoms in total. The van der Waals surface area contributed by atoms with Crippen LogP contribution in [0.15, 0.2) is 18.2 Å². The first-order chi connectivity index (χ1) is 13.9. The van der Waals surface area contributed by atoms with E-state index < -0.39 is 0 Å². The third kappa shape index (κ3) is 5.03. The number of carbonyl (C=O) groups is 2. The maximum Gasteiger partial charge on any atom is 0.239 e. The average Bonchev–Trinajstić information content (AvgIpc) is 3.01. The van der Waals surface area contributed by atoms with Crippen molar-refractivity contribution in [2.24, 2.45) is 0 Å². The van der Waals surface area contributed by atoms with Gasteiger partial charge in [-0.1, -0.05) is 12.1 Å². The summed E-state index contributed by atoms with van der Waals surface area (Å²) in [5.74, 6) is -0.388. The molecule has 2 N–H and O–H groups in total. The van der Waals surface area contributed by atoms with Gasteiger partial charge in [0.1, 0.15) is 11.1 Å². The number of fused-ring (bicyclic) bond motifs is 1. The second-order valence-electron chi connectivity index (χ2n) is 7.54. The molecule has 1 aromatic heterocycles. The number of likely N-dealkylation sites (N-methyl/N-ethyl adjacent to an activating group) is 1. The van der Waals surface area contributed by atoms with Crippen LogP contribution in [0.1, 0.15) is 40.0 Å². The number of thiophene rings is 1. The minimum atomic E-state index is -0.220. The van der Waals surface area contributed by atoms with Crippen LogP contribution >= 0.6 is 11.3 Å². The highest BCUT2D eigenvalue weighted by Gasteiger charge is 2.22. The first kappa shape index (κ1) is 21.0. The van der Waals surface area contributed by atoms with Crippen molar-refractivity contribution in [1.82, 2.24) is 4.90 Å². The number of nitrogens with zero attached hydrogens (tertiary/aromatic N) is 2. The lowest BCUT2D eigenvalue weighted by Crippen LogP contribution is -2.36. The molecule has 1 aromatic carbocycles. The molecule has 0 fully saturated rings. The molecule has 3 rings (SSSR count). The van der Waals surface area contributed by atoms with Crippen LogP contribution in [-0.4, -0.2) is 36.9 Å². The van der Waals surface area contributed by atoms with Gasteiger partial charge in [-0.25, -0.2) is 0 Å². The molecule has 7 heteroatoms. The molecule has 0 unspecified atom stereocenters. The molecular weight excluding hydrogens is 384 g/mol. The topological polar surface area (TPSA) is 85.2 Å². The molecule has 0 saturated carbocycles. The van der Waals surface area contributed by atoms with Crippen LogP contribution in [0.4, 0.5) is 10.7 Å².